The van der Waals surface area contributed by atoms with Crippen LogP contribution in [0.2, 0.25) is 5.02 Å². The van der Waals surface area contributed by atoms with Gasteiger partial charge < -0.3 is 14.5 Å². The highest BCUT2D eigenvalue weighted by molar-refractivity contribution is 6.32. The average molecular weight is 437 g/mol. The van der Waals surface area contributed by atoms with Gasteiger partial charge in [0.05, 0.1) is 35.5 Å². The van der Waals surface area contributed by atoms with Gasteiger partial charge in [-0.15, -0.1) is 0 Å². The Labute approximate surface area is 178 Å². The SMILES string of the molecule is COCc1nc2c(c(C)c1Cl)CN(C(=O)C1CCN(c3ccnc(C(F)F)c3)C1)C2. The van der Waals surface area contributed by atoms with Gasteiger partial charge in [-0.1, -0.05) is 11.6 Å². The first-order chi connectivity index (χ1) is 14.4. The molecule has 2 aromatic heterocycles. The Kier molecular flexibility index (Phi) is 5.88. The molecule has 0 radical (unpaired) electrons. The van der Waals surface area contributed by atoms with Crippen LogP contribution < -0.4 is 4.90 Å². The van der Waals surface area contributed by atoms with Crippen LogP contribution in [0.15, 0.2) is 18.3 Å². The van der Waals surface area contributed by atoms with E-state index < -0.39 is 6.43 Å². The first kappa shape index (κ1) is 20.9. The summed E-state index contributed by atoms with van der Waals surface area (Å²) in [6.45, 7) is 4.35. The van der Waals surface area contributed by atoms with Crippen LogP contribution in [-0.4, -0.2) is 41.0 Å². The Morgan fingerprint density at radius 2 is 2.20 bits per heavy atom. The summed E-state index contributed by atoms with van der Waals surface area (Å²) >= 11 is 6.42. The molecule has 6 nitrogen and oxygen atoms in total. The summed E-state index contributed by atoms with van der Waals surface area (Å²) in [4.78, 5) is 25.3. The van der Waals surface area contributed by atoms with Crippen LogP contribution in [0.4, 0.5) is 14.5 Å². The molecule has 0 N–H and O–H groups in total. The summed E-state index contributed by atoms with van der Waals surface area (Å²) in [5, 5.41) is 0.587. The molecule has 2 aliphatic rings. The quantitative estimate of drug-likeness (QED) is 0.711. The van der Waals surface area contributed by atoms with Crippen LogP contribution in [-0.2, 0) is 29.2 Å². The molecule has 160 valence electrons. The molecule has 0 aromatic carbocycles. The summed E-state index contributed by atoms with van der Waals surface area (Å²) in [6.07, 6.45) is -0.544. The van der Waals surface area contributed by atoms with E-state index in [9.17, 15) is 13.6 Å². The van der Waals surface area contributed by atoms with Crippen LogP contribution in [0.1, 0.15) is 41.1 Å². The van der Waals surface area contributed by atoms with E-state index >= 15 is 0 Å². The average Bonchev–Trinajstić information content (AvgIpc) is 3.39. The van der Waals surface area contributed by atoms with Gasteiger partial charge in [-0.25, -0.2) is 8.78 Å². The molecule has 0 spiro atoms. The van der Waals surface area contributed by atoms with Gasteiger partial charge >= 0.3 is 0 Å². The molecule has 1 saturated heterocycles. The number of pyridine rings is 2. The predicted octanol–water partition coefficient (Wildman–Crippen LogP) is 3.89. The Morgan fingerprint density at radius 1 is 1.40 bits per heavy atom. The van der Waals surface area contributed by atoms with Gasteiger partial charge in [0.25, 0.3) is 6.43 Å². The van der Waals surface area contributed by atoms with Crippen LogP contribution in [0.3, 0.4) is 0 Å². The number of carbonyl (C=O) groups is 1. The summed E-state index contributed by atoms with van der Waals surface area (Å²) < 4.78 is 31.1. The number of amides is 1. The van der Waals surface area contributed by atoms with Crippen molar-refractivity contribution in [2.45, 2.75) is 39.5 Å². The van der Waals surface area contributed by atoms with Crippen molar-refractivity contribution in [1.29, 1.82) is 0 Å². The fourth-order valence-corrected chi connectivity index (χ4v) is 4.42. The van der Waals surface area contributed by atoms with Gasteiger partial charge in [0.15, 0.2) is 0 Å². The number of halogens is 3. The van der Waals surface area contributed by atoms with E-state index in [2.05, 4.69) is 9.97 Å². The fourth-order valence-electron chi connectivity index (χ4n) is 4.21. The second-order valence-electron chi connectivity index (χ2n) is 7.72. The lowest BCUT2D eigenvalue weighted by Crippen LogP contribution is -2.34. The zero-order chi connectivity index (χ0) is 21.4. The topological polar surface area (TPSA) is 58.6 Å². The predicted molar refractivity (Wildman–Crippen MR) is 108 cm³/mol. The van der Waals surface area contributed by atoms with Crippen molar-refractivity contribution in [1.82, 2.24) is 14.9 Å². The second-order valence-corrected chi connectivity index (χ2v) is 8.10. The van der Waals surface area contributed by atoms with Crippen molar-refractivity contribution in [3.63, 3.8) is 0 Å². The summed E-state index contributed by atoms with van der Waals surface area (Å²) in [6, 6.07) is 3.10. The molecule has 0 aliphatic carbocycles. The molecule has 9 heteroatoms. The lowest BCUT2D eigenvalue weighted by Gasteiger charge is -2.22. The van der Waals surface area contributed by atoms with E-state index in [0.717, 1.165) is 16.8 Å². The van der Waals surface area contributed by atoms with Gasteiger partial charge in [-0.2, -0.15) is 0 Å². The molecule has 4 heterocycles. The third-order valence-corrected chi connectivity index (χ3v) is 6.33. The number of methoxy groups -OCH3 is 1. The molecule has 4 rings (SSSR count). The van der Waals surface area contributed by atoms with Crippen molar-refractivity contribution >= 4 is 23.2 Å². The third-order valence-electron chi connectivity index (χ3n) is 5.83. The number of anilines is 1. The zero-order valence-electron chi connectivity index (χ0n) is 16.9. The van der Waals surface area contributed by atoms with Crippen LogP contribution in [0, 0.1) is 12.8 Å². The van der Waals surface area contributed by atoms with Crippen LogP contribution in [0.5, 0.6) is 0 Å². The maximum atomic E-state index is 13.2. The van der Waals surface area contributed by atoms with Gasteiger partial charge in [0, 0.05) is 38.6 Å². The van der Waals surface area contributed by atoms with Gasteiger partial charge in [-0.3, -0.25) is 14.8 Å². The number of alkyl halides is 2. The maximum Gasteiger partial charge on any atom is 0.280 e. The smallest absolute Gasteiger partial charge is 0.280 e. The van der Waals surface area contributed by atoms with Gasteiger partial charge in [0.1, 0.15) is 5.69 Å². The zero-order valence-corrected chi connectivity index (χ0v) is 17.6. The molecular weight excluding hydrogens is 414 g/mol. The van der Waals surface area contributed by atoms with E-state index in [4.69, 9.17) is 16.3 Å². The minimum Gasteiger partial charge on any atom is -0.378 e. The Bertz CT molecular complexity index is 972. The molecule has 2 aromatic rings. The molecule has 1 atom stereocenters. The first-order valence-electron chi connectivity index (χ1n) is 9.82. The minimum absolute atomic E-state index is 0.0578. The maximum absolute atomic E-state index is 13.2. The highest BCUT2D eigenvalue weighted by Crippen LogP contribution is 2.34. The lowest BCUT2D eigenvalue weighted by atomic mass is 10.1. The van der Waals surface area contributed by atoms with Crippen molar-refractivity contribution < 1.29 is 18.3 Å². The Hall–Kier alpha value is -2.32. The van der Waals surface area contributed by atoms with Gasteiger partial charge in [-0.05, 0) is 36.6 Å². The normalized spacial score (nSPS) is 18.4. The summed E-state index contributed by atoms with van der Waals surface area (Å²) in [5.74, 6) is -0.126. The molecule has 30 heavy (non-hydrogen) atoms. The number of aromatic nitrogens is 2. The molecule has 1 fully saturated rings. The first-order valence-corrected chi connectivity index (χ1v) is 10.2. The molecule has 2 aliphatic heterocycles. The Morgan fingerprint density at radius 3 is 2.93 bits per heavy atom. The molecule has 1 unspecified atom stereocenters. The largest absolute Gasteiger partial charge is 0.378 e. The minimum atomic E-state index is -2.61. The van der Waals surface area contributed by atoms with Crippen molar-refractivity contribution in [3.05, 3.63) is 51.6 Å². The van der Waals surface area contributed by atoms with Crippen molar-refractivity contribution in [2.24, 2.45) is 5.92 Å². The van der Waals surface area contributed by atoms with E-state index in [0.29, 0.717) is 55.6 Å². The lowest BCUT2D eigenvalue weighted by molar-refractivity contribution is -0.135. The molecule has 0 saturated carbocycles. The highest BCUT2D eigenvalue weighted by Gasteiger charge is 2.35. The van der Waals surface area contributed by atoms with Crippen molar-refractivity contribution in [2.75, 3.05) is 25.1 Å². The molecular formula is C21H23ClF2N4O2. The second kappa shape index (κ2) is 8.43. The standard InChI is InChI=1S/C21H23ClF2N4O2/c1-12-15-9-28(10-17(15)26-18(11-30-2)19(12)22)21(29)13-4-6-27(8-13)14-3-5-25-16(7-14)20(23)24/h3,5,7,13,20H,4,6,8-11H2,1-2H3. The number of carbonyl (C=O) groups excluding carboxylic acids is 1. The number of hydrogen-bond acceptors (Lipinski definition) is 5. The fraction of sp³-hybridized carbons (Fsp3) is 0.476. The number of rotatable bonds is 5. The van der Waals surface area contributed by atoms with E-state index in [-0.39, 0.29) is 17.5 Å². The van der Waals surface area contributed by atoms with Crippen LogP contribution >= 0.6 is 11.6 Å². The van der Waals surface area contributed by atoms with Gasteiger partial charge in [0.2, 0.25) is 5.91 Å². The molecule has 0 bridgehead atoms. The van der Waals surface area contributed by atoms with Crippen LogP contribution in [0.25, 0.3) is 0 Å². The summed E-state index contributed by atoms with van der Waals surface area (Å²) in [7, 11) is 1.59. The number of nitrogens with zero attached hydrogens (tertiary/aromatic N) is 4. The Balaban J connectivity index is 1.46. The number of ether oxygens (including phenoxy) is 1. The van der Waals surface area contributed by atoms with Crippen molar-refractivity contribution in [3.8, 4) is 0 Å². The number of fused-ring (bicyclic) bond motifs is 1. The highest BCUT2D eigenvalue weighted by atomic mass is 35.5. The monoisotopic (exact) mass is 436 g/mol. The van der Waals surface area contributed by atoms with E-state index in [1.54, 1.807) is 13.2 Å². The summed E-state index contributed by atoms with van der Waals surface area (Å²) in [5.41, 5.74) is 3.91. The van der Waals surface area contributed by atoms with E-state index in [1.165, 1.54) is 12.3 Å². The third kappa shape index (κ3) is 3.86. The molecule has 1 amide bonds. The number of hydrogen-bond donors (Lipinski definition) is 0. The van der Waals surface area contributed by atoms with E-state index in [1.807, 2.05) is 16.7 Å².